The number of esters is 1. The molecule has 5 aliphatic rings. The summed E-state index contributed by atoms with van der Waals surface area (Å²) in [5.74, 6) is 0.662. The molecule has 0 N–H and O–H groups in total. The van der Waals surface area contributed by atoms with Gasteiger partial charge in [-0.2, -0.15) is 4.99 Å². The van der Waals surface area contributed by atoms with Crippen LogP contribution in [0.4, 0.5) is 0 Å². The SMILES string of the molecule is CC(=O)O[C@H]1CC[C@]2(C)[C@H]3C(=O)C=C4[C@H]5C[C@@](C)(N=C=O)CC[C@]5(C)CC[C@@]4(C)[C@]3(C)CC[C@H]2C1(C)C. The molecule has 0 amide bonds. The topological polar surface area (TPSA) is 72.8 Å². The first-order valence-corrected chi connectivity index (χ1v) is 14.6. The molecule has 204 valence electrons. The number of rotatable bonds is 2. The van der Waals surface area contributed by atoms with Gasteiger partial charge in [-0.3, -0.25) is 9.59 Å². The van der Waals surface area contributed by atoms with Crippen LogP contribution < -0.4 is 0 Å². The van der Waals surface area contributed by atoms with E-state index in [4.69, 9.17) is 4.74 Å². The van der Waals surface area contributed by atoms with Gasteiger partial charge in [0.1, 0.15) is 6.10 Å². The summed E-state index contributed by atoms with van der Waals surface area (Å²) >= 11 is 0. The Morgan fingerprint density at radius 1 is 0.973 bits per heavy atom. The monoisotopic (exact) mass is 509 g/mol. The Morgan fingerprint density at radius 2 is 1.65 bits per heavy atom. The zero-order chi connectivity index (χ0) is 27.2. The molecule has 0 aromatic heterocycles. The highest BCUT2D eigenvalue weighted by atomic mass is 16.5. The summed E-state index contributed by atoms with van der Waals surface area (Å²) < 4.78 is 5.83. The van der Waals surface area contributed by atoms with Gasteiger partial charge in [-0.25, -0.2) is 4.79 Å². The molecular weight excluding hydrogens is 462 g/mol. The molecule has 0 aliphatic heterocycles. The van der Waals surface area contributed by atoms with Gasteiger partial charge in [0.25, 0.3) is 0 Å². The summed E-state index contributed by atoms with van der Waals surface area (Å²) in [6.07, 6.45) is 12.7. The summed E-state index contributed by atoms with van der Waals surface area (Å²) in [4.78, 5) is 41.8. The smallest absolute Gasteiger partial charge is 0.302 e. The minimum atomic E-state index is -0.394. The maximum atomic E-state index is 14.4. The number of ketones is 1. The molecule has 0 bridgehead atoms. The second-order valence-corrected chi connectivity index (χ2v) is 15.4. The summed E-state index contributed by atoms with van der Waals surface area (Å²) in [5, 5.41) is 0. The zero-order valence-electron chi connectivity index (χ0n) is 24.3. The van der Waals surface area contributed by atoms with Crippen molar-refractivity contribution in [2.24, 2.45) is 49.8 Å². The van der Waals surface area contributed by atoms with E-state index < -0.39 is 5.54 Å². The normalized spacial score (nSPS) is 50.3. The Morgan fingerprint density at radius 3 is 2.30 bits per heavy atom. The maximum Gasteiger partial charge on any atom is 0.302 e. The number of nitrogens with zero attached hydrogens (tertiary/aromatic N) is 1. The summed E-state index contributed by atoms with van der Waals surface area (Å²) in [7, 11) is 0. The van der Waals surface area contributed by atoms with Crippen molar-refractivity contribution in [1.82, 2.24) is 0 Å². The van der Waals surface area contributed by atoms with E-state index in [0.717, 1.165) is 57.8 Å². The van der Waals surface area contributed by atoms with Gasteiger partial charge >= 0.3 is 5.97 Å². The van der Waals surface area contributed by atoms with E-state index in [-0.39, 0.29) is 51.0 Å². The molecule has 0 aromatic rings. The largest absolute Gasteiger partial charge is 0.462 e. The average molecular weight is 510 g/mol. The Balaban J connectivity index is 1.58. The van der Waals surface area contributed by atoms with Crippen LogP contribution in [0.2, 0.25) is 0 Å². The molecule has 0 spiro atoms. The van der Waals surface area contributed by atoms with Crippen molar-refractivity contribution in [3.05, 3.63) is 11.6 Å². The van der Waals surface area contributed by atoms with Crippen LogP contribution in [0.25, 0.3) is 0 Å². The van der Waals surface area contributed by atoms with Crippen LogP contribution >= 0.6 is 0 Å². The van der Waals surface area contributed by atoms with Crippen LogP contribution in [-0.2, 0) is 19.1 Å². The highest BCUT2D eigenvalue weighted by molar-refractivity contribution is 5.95. The molecule has 5 heteroatoms. The summed E-state index contributed by atoms with van der Waals surface area (Å²) in [6.45, 7) is 17.7. The first-order chi connectivity index (χ1) is 17.1. The van der Waals surface area contributed by atoms with Gasteiger partial charge in [0.2, 0.25) is 6.08 Å². The van der Waals surface area contributed by atoms with Gasteiger partial charge in [-0.15, -0.1) is 0 Å². The molecule has 0 heterocycles. The molecule has 0 radical (unpaired) electrons. The van der Waals surface area contributed by atoms with Crippen molar-refractivity contribution < 1.29 is 19.1 Å². The van der Waals surface area contributed by atoms with Gasteiger partial charge in [0.15, 0.2) is 5.78 Å². The van der Waals surface area contributed by atoms with Crippen molar-refractivity contribution >= 4 is 17.8 Å². The van der Waals surface area contributed by atoms with Crippen LogP contribution in [0.1, 0.15) is 113 Å². The first kappa shape index (κ1) is 26.9. The fourth-order valence-electron chi connectivity index (χ4n) is 10.8. The van der Waals surface area contributed by atoms with Gasteiger partial charge in [0.05, 0.1) is 5.54 Å². The number of carbonyl (C=O) groups is 2. The van der Waals surface area contributed by atoms with E-state index in [9.17, 15) is 14.4 Å². The van der Waals surface area contributed by atoms with Crippen LogP contribution in [0.5, 0.6) is 0 Å². The number of fused-ring (bicyclic) bond motifs is 7. The van der Waals surface area contributed by atoms with E-state index in [1.165, 1.54) is 12.5 Å². The fraction of sp³-hybridized carbons (Fsp3) is 0.844. The number of allylic oxidation sites excluding steroid dienone is 2. The average Bonchev–Trinajstić information content (AvgIpc) is 2.78. The van der Waals surface area contributed by atoms with Crippen LogP contribution in [0.3, 0.4) is 0 Å². The predicted octanol–water partition coefficient (Wildman–Crippen LogP) is 6.99. The molecular formula is C32H47NO4. The molecule has 5 aliphatic carbocycles. The number of ether oxygens (including phenoxy) is 1. The van der Waals surface area contributed by atoms with E-state index in [0.29, 0.717) is 11.7 Å². The van der Waals surface area contributed by atoms with Crippen molar-refractivity contribution in [1.29, 1.82) is 0 Å². The lowest BCUT2D eigenvalue weighted by atomic mass is 9.33. The highest BCUT2D eigenvalue weighted by Crippen LogP contribution is 2.75. The molecule has 4 fully saturated rings. The van der Waals surface area contributed by atoms with Gasteiger partial charge in [-0.05, 0) is 104 Å². The lowest BCUT2D eigenvalue weighted by molar-refractivity contribution is -0.209. The van der Waals surface area contributed by atoms with Crippen LogP contribution in [0.15, 0.2) is 16.6 Å². The Labute approximate surface area is 223 Å². The Hall–Kier alpha value is -1.74. The fourth-order valence-corrected chi connectivity index (χ4v) is 10.8. The number of hydrogen-bond acceptors (Lipinski definition) is 5. The molecule has 0 aromatic carbocycles. The maximum absolute atomic E-state index is 14.4. The number of isocyanates is 1. The highest BCUT2D eigenvalue weighted by Gasteiger charge is 2.70. The van der Waals surface area contributed by atoms with Gasteiger partial charge in [-0.1, -0.05) is 47.1 Å². The minimum absolute atomic E-state index is 0.0302. The third-order valence-corrected chi connectivity index (χ3v) is 13.1. The van der Waals surface area contributed by atoms with Gasteiger partial charge in [0, 0.05) is 18.3 Å². The summed E-state index contributed by atoms with van der Waals surface area (Å²) in [6, 6.07) is 0. The van der Waals surface area contributed by atoms with Crippen molar-refractivity contribution in [3.8, 4) is 0 Å². The molecule has 5 rings (SSSR count). The molecule has 9 atom stereocenters. The van der Waals surface area contributed by atoms with Crippen molar-refractivity contribution in [2.45, 2.75) is 125 Å². The molecule has 5 nitrogen and oxygen atoms in total. The van der Waals surface area contributed by atoms with Crippen LogP contribution in [0, 0.1) is 44.8 Å². The summed E-state index contributed by atoms with van der Waals surface area (Å²) in [5.41, 5.74) is 0.628. The quantitative estimate of drug-likeness (QED) is 0.228. The lowest BCUT2D eigenvalue weighted by Gasteiger charge is -2.70. The zero-order valence-corrected chi connectivity index (χ0v) is 24.3. The standard InChI is InChI=1S/C32H47NO4/c1-20(35)37-25-10-11-30(6)24(27(25,2)3)9-12-32(8)26(30)23(36)17-21-22-18-29(5,33-19-34)15-13-28(22,4)14-16-31(21,32)7/h17,22,24-26H,9-16,18H2,1-8H3/t22-,24+,25+,26-,28-,29+,30+,31-,32-/m1/s1. The second-order valence-electron chi connectivity index (χ2n) is 15.4. The third-order valence-electron chi connectivity index (χ3n) is 13.1. The molecule has 0 saturated heterocycles. The Bertz CT molecular complexity index is 1100. The number of hydrogen-bond donors (Lipinski definition) is 0. The Kier molecular flexibility index (Phi) is 5.90. The van der Waals surface area contributed by atoms with E-state index in [1.807, 2.05) is 6.08 Å². The minimum Gasteiger partial charge on any atom is -0.462 e. The third kappa shape index (κ3) is 3.55. The molecule has 37 heavy (non-hydrogen) atoms. The van der Waals surface area contributed by atoms with E-state index in [2.05, 4.69) is 59.5 Å². The van der Waals surface area contributed by atoms with Crippen LogP contribution in [-0.4, -0.2) is 29.5 Å². The first-order valence-electron chi connectivity index (χ1n) is 14.6. The van der Waals surface area contributed by atoms with E-state index >= 15 is 0 Å². The van der Waals surface area contributed by atoms with E-state index in [1.54, 1.807) is 0 Å². The van der Waals surface area contributed by atoms with Crippen molar-refractivity contribution in [2.75, 3.05) is 0 Å². The number of carbonyl (C=O) groups excluding carboxylic acids is 3. The molecule has 0 unspecified atom stereocenters. The lowest BCUT2D eigenvalue weighted by Crippen LogP contribution is -2.66. The van der Waals surface area contributed by atoms with Crippen molar-refractivity contribution in [3.63, 3.8) is 0 Å². The second kappa shape index (κ2) is 8.13. The van der Waals surface area contributed by atoms with Gasteiger partial charge < -0.3 is 4.74 Å². The number of aliphatic imine (C=N–C) groups is 1. The predicted molar refractivity (Wildman–Crippen MR) is 143 cm³/mol. The molecule has 4 saturated carbocycles.